The van der Waals surface area contributed by atoms with Crippen LogP contribution in [-0.2, 0) is 11.3 Å². The molecule has 0 saturated carbocycles. The Labute approximate surface area is 140 Å². The highest BCUT2D eigenvalue weighted by Gasteiger charge is 2.21. The van der Waals surface area contributed by atoms with E-state index in [0.717, 1.165) is 29.9 Å². The molecule has 124 valence electrons. The van der Waals surface area contributed by atoms with Gasteiger partial charge in [-0.3, -0.25) is 9.59 Å². The monoisotopic (exact) mass is 324 g/mol. The SMILES string of the molecule is Cc1cc(C(=O)NCc2ccc(N3CCCC3=O)cc2)nc(C)n1. The van der Waals surface area contributed by atoms with Crippen molar-refractivity contribution < 1.29 is 9.59 Å². The number of aryl methyl sites for hydroxylation is 2. The average molecular weight is 324 g/mol. The van der Waals surface area contributed by atoms with E-state index in [0.29, 0.717) is 24.5 Å². The molecule has 2 aromatic rings. The first-order valence-electron chi connectivity index (χ1n) is 8.03. The van der Waals surface area contributed by atoms with Crippen LogP contribution in [0.4, 0.5) is 5.69 Å². The maximum absolute atomic E-state index is 12.2. The number of anilines is 1. The van der Waals surface area contributed by atoms with Gasteiger partial charge in [0, 0.05) is 30.9 Å². The molecule has 2 amide bonds. The Morgan fingerprint density at radius 1 is 1.21 bits per heavy atom. The number of nitrogens with zero attached hydrogens (tertiary/aromatic N) is 3. The van der Waals surface area contributed by atoms with Crippen LogP contribution in [0.25, 0.3) is 0 Å². The standard InChI is InChI=1S/C18H20N4O2/c1-12-10-16(21-13(2)20-12)18(24)19-11-14-5-7-15(8-6-14)22-9-3-4-17(22)23/h5-8,10H,3-4,9,11H2,1-2H3,(H,19,24). The molecule has 1 fully saturated rings. The van der Waals surface area contributed by atoms with Gasteiger partial charge >= 0.3 is 0 Å². The molecule has 1 aromatic heterocycles. The first-order valence-corrected chi connectivity index (χ1v) is 8.03. The van der Waals surface area contributed by atoms with Crippen molar-refractivity contribution in [1.82, 2.24) is 15.3 Å². The summed E-state index contributed by atoms with van der Waals surface area (Å²) < 4.78 is 0. The number of rotatable bonds is 4. The molecule has 2 heterocycles. The van der Waals surface area contributed by atoms with E-state index in [1.807, 2.05) is 31.2 Å². The second-order valence-corrected chi connectivity index (χ2v) is 5.94. The highest BCUT2D eigenvalue weighted by atomic mass is 16.2. The van der Waals surface area contributed by atoms with Crippen molar-refractivity contribution in [3.05, 3.63) is 53.1 Å². The summed E-state index contributed by atoms with van der Waals surface area (Å²) in [6.07, 6.45) is 1.53. The van der Waals surface area contributed by atoms with Crippen LogP contribution in [0, 0.1) is 13.8 Å². The van der Waals surface area contributed by atoms with Crippen LogP contribution >= 0.6 is 0 Å². The van der Waals surface area contributed by atoms with Crippen molar-refractivity contribution in [1.29, 1.82) is 0 Å². The quantitative estimate of drug-likeness (QED) is 0.935. The molecule has 24 heavy (non-hydrogen) atoms. The highest BCUT2D eigenvalue weighted by molar-refractivity contribution is 5.95. The van der Waals surface area contributed by atoms with Crippen molar-refractivity contribution in [2.45, 2.75) is 33.2 Å². The molecule has 0 radical (unpaired) electrons. The molecule has 3 rings (SSSR count). The zero-order valence-corrected chi connectivity index (χ0v) is 13.9. The summed E-state index contributed by atoms with van der Waals surface area (Å²) in [6, 6.07) is 9.37. The Kier molecular flexibility index (Phi) is 4.55. The number of carbonyl (C=O) groups is 2. The van der Waals surface area contributed by atoms with Crippen LogP contribution in [0.15, 0.2) is 30.3 Å². The molecule has 1 saturated heterocycles. The fourth-order valence-corrected chi connectivity index (χ4v) is 2.82. The lowest BCUT2D eigenvalue weighted by molar-refractivity contribution is -0.117. The van der Waals surface area contributed by atoms with Crippen molar-refractivity contribution in [2.24, 2.45) is 0 Å². The largest absolute Gasteiger partial charge is 0.347 e. The van der Waals surface area contributed by atoms with E-state index < -0.39 is 0 Å². The predicted octanol–water partition coefficient (Wildman–Crippen LogP) is 2.15. The van der Waals surface area contributed by atoms with Crippen molar-refractivity contribution in [3.63, 3.8) is 0 Å². The number of hydrogen-bond donors (Lipinski definition) is 1. The summed E-state index contributed by atoms with van der Waals surface area (Å²) in [5, 5.41) is 2.86. The molecule has 6 nitrogen and oxygen atoms in total. The number of nitrogens with one attached hydrogen (secondary N) is 1. The molecule has 0 bridgehead atoms. The van der Waals surface area contributed by atoms with Gasteiger partial charge in [0.05, 0.1) is 0 Å². The number of amides is 2. The van der Waals surface area contributed by atoms with E-state index in [-0.39, 0.29) is 11.8 Å². The van der Waals surface area contributed by atoms with Crippen LogP contribution in [0.3, 0.4) is 0 Å². The Morgan fingerprint density at radius 3 is 2.58 bits per heavy atom. The zero-order valence-electron chi connectivity index (χ0n) is 13.9. The van der Waals surface area contributed by atoms with Crippen molar-refractivity contribution in [3.8, 4) is 0 Å². The highest BCUT2D eigenvalue weighted by Crippen LogP contribution is 2.21. The van der Waals surface area contributed by atoms with Gasteiger partial charge in [-0.1, -0.05) is 12.1 Å². The molecule has 0 aliphatic carbocycles. The number of hydrogen-bond acceptors (Lipinski definition) is 4. The Balaban J connectivity index is 1.62. The lowest BCUT2D eigenvalue weighted by atomic mass is 10.2. The molecule has 0 unspecified atom stereocenters. The molecule has 1 aliphatic heterocycles. The predicted molar refractivity (Wildman–Crippen MR) is 90.7 cm³/mol. The third-order valence-corrected chi connectivity index (χ3v) is 3.97. The summed E-state index contributed by atoms with van der Waals surface area (Å²) in [5.41, 5.74) is 3.03. The van der Waals surface area contributed by atoms with E-state index in [4.69, 9.17) is 0 Å². The second-order valence-electron chi connectivity index (χ2n) is 5.94. The van der Waals surface area contributed by atoms with Crippen molar-refractivity contribution in [2.75, 3.05) is 11.4 Å². The van der Waals surface area contributed by atoms with Crippen LogP contribution < -0.4 is 10.2 Å². The maximum Gasteiger partial charge on any atom is 0.270 e. The molecule has 1 N–H and O–H groups in total. The summed E-state index contributed by atoms with van der Waals surface area (Å²) in [4.78, 5) is 34.0. The summed E-state index contributed by atoms with van der Waals surface area (Å²) in [6.45, 7) is 4.79. The van der Waals surface area contributed by atoms with Crippen LogP contribution in [0.1, 0.15) is 40.4 Å². The molecular weight excluding hydrogens is 304 g/mol. The minimum absolute atomic E-state index is 0.172. The number of carbonyl (C=O) groups excluding carboxylic acids is 2. The van der Waals surface area contributed by atoms with E-state index in [9.17, 15) is 9.59 Å². The maximum atomic E-state index is 12.2. The van der Waals surface area contributed by atoms with E-state index >= 15 is 0 Å². The molecule has 1 aliphatic rings. The van der Waals surface area contributed by atoms with Gasteiger partial charge in [-0.25, -0.2) is 9.97 Å². The summed E-state index contributed by atoms with van der Waals surface area (Å²) in [5.74, 6) is 0.535. The lowest BCUT2D eigenvalue weighted by Gasteiger charge is -2.16. The minimum atomic E-state index is -0.220. The Hall–Kier alpha value is -2.76. The minimum Gasteiger partial charge on any atom is -0.347 e. The smallest absolute Gasteiger partial charge is 0.270 e. The first-order chi connectivity index (χ1) is 11.5. The third-order valence-electron chi connectivity index (χ3n) is 3.97. The van der Waals surface area contributed by atoms with Gasteiger partial charge in [-0.2, -0.15) is 0 Å². The van der Waals surface area contributed by atoms with Gasteiger partial charge in [0.2, 0.25) is 5.91 Å². The van der Waals surface area contributed by atoms with Gasteiger partial charge < -0.3 is 10.2 Å². The fourth-order valence-electron chi connectivity index (χ4n) is 2.82. The van der Waals surface area contributed by atoms with E-state index in [2.05, 4.69) is 15.3 Å². The normalized spacial score (nSPS) is 14.1. The van der Waals surface area contributed by atoms with Crippen LogP contribution in [-0.4, -0.2) is 28.3 Å². The van der Waals surface area contributed by atoms with Crippen LogP contribution in [0.5, 0.6) is 0 Å². The van der Waals surface area contributed by atoms with E-state index in [1.54, 1.807) is 17.9 Å². The fraction of sp³-hybridized carbons (Fsp3) is 0.333. The Morgan fingerprint density at radius 2 is 1.96 bits per heavy atom. The van der Waals surface area contributed by atoms with E-state index in [1.165, 1.54) is 0 Å². The number of benzene rings is 1. The molecule has 6 heteroatoms. The molecule has 0 spiro atoms. The molecule has 1 aromatic carbocycles. The second kappa shape index (κ2) is 6.78. The van der Waals surface area contributed by atoms with Gasteiger partial charge in [-0.15, -0.1) is 0 Å². The zero-order chi connectivity index (χ0) is 17.1. The van der Waals surface area contributed by atoms with Crippen molar-refractivity contribution >= 4 is 17.5 Å². The van der Waals surface area contributed by atoms with Gasteiger partial charge in [0.1, 0.15) is 11.5 Å². The summed E-state index contributed by atoms with van der Waals surface area (Å²) in [7, 11) is 0. The van der Waals surface area contributed by atoms with Crippen LogP contribution in [0.2, 0.25) is 0 Å². The Bertz CT molecular complexity index is 751. The average Bonchev–Trinajstić information content (AvgIpc) is 2.98. The molecular formula is C18H20N4O2. The number of aromatic nitrogens is 2. The summed E-state index contributed by atoms with van der Waals surface area (Å²) >= 11 is 0. The van der Waals surface area contributed by atoms with Gasteiger partial charge in [0.15, 0.2) is 0 Å². The van der Waals surface area contributed by atoms with Gasteiger partial charge in [0.25, 0.3) is 5.91 Å². The van der Waals surface area contributed by atoms with Gasteiger partial charge in [-0.05, 0) is 44.0 Å². The third kappa shape index (κ3) is 3.59. The lowest BCUT2D eigenvalue weighted by Crippen LogP contribution is -2.25. The first kappa shape index (κ1) is 16.1. The topological polar surface area (TPSA) is 75.2 Å². The molecule has 0 atom stereocenters.